The first-order chi connectivity index (χ1) is 11.5. The first-order valence-electron chi connectivity index (χ1n) is 8.27. The Kier molecular flexibility index (Phi) is 4.65. The Balaban J connectivity index is 1.96. The van der Waals surface area contributed by atoms with Gasteiger partial charge >= 0.3 is 0 Å². The Bertz CT molecular complexity index is 913. The summed E-state index contributed by atoms with van der Waals surface area (Å²) in [5, 5.41) is 0.599. The monoisotopic (exact) mass is 322 g/mol. The molecule has 1 N–H and O–H groups in total. The van der Waals surface area contributed by atoms with Gasteiger partial charge in [-0.25, -0.2) is 4.98 Å². The topological polar surface area (TPSA) is 55.0 Å². The van der Waals surface area contributed by atoms with Crippen LogP contribution in [0.1, 0.15) is 25.8 Å². The van der Waals surface area contributed by atoms with Crippen molar-refractivity contribution in [1.82, 2.24) is 9.97 Å². The molecule has 0 saturated heterocycles. The quantitative estimate of drug-likeness (QED) is 0.761. The van der Waals surface area contributed by atoms with Crippen molar-refractivity contribution in [1.29, 1.82) is 0 Å². The molecule has 1 heterocycles. The van der Waals surface area contributed by atoms with E-state index in [4.69, 9.17) is 4.74 Å². The summed E-state index contributed by atoms with van der Waals surface area (Å²) >= 11 is 0. The number of nitrogens with zero attached hydrogens (tertiary/aromatic N) is 1. The maximum Gasteiger partial charge on any atom is 0.259 e. The molecule has 0 amide bonds. The summed E-state index contributed by atoms with van der Waals surface area (Å²) in [6.07, 6.45) is 1.01. The summed E-state index contributed by atoms with van der Waals surface area (Å²) < 4.78 is 5.91. The van der Waals surface area contributed by atoms with Gasteiger partial charge in [0.1, 0.15) is 11.6 Å². The molecule has 0 bridgehead atoms. The lowest BCUT2D eigenvalue weighted by Crippen LogP contribution is -2.09. The molecule has 24 heavy (non-hydrogen) atoms. The molecule has 0 aliphatic heterocycles. The van der Waals surface area contributed by atoms with Crippen molar-refractivity contribution in [2.45, 2.75) is 27.2 Å². The fourth-order valence-electron chi connectivity index (χ4n) is 2.53. The Hall–Kier alpha value is -2.62. The number of para-hydroxylation sites is 1. The lowest BCUT2D eigenvalue weighted by molar-refractivity contribution is 0.288. The minimum atomic E-state index is -0.126. The molecule has 3 rings (SSSR count). The van der Waals surface area contributed by atoms with Gasteiger partial charge in [0, 0.05) is 5.56 Å². The van der Waals surface area contributed by atoms with Crippen molar-refractivity contribution in [3.63, 3.8) is 0 Å². The number of nitrogens with one attached hydrogen (secondary N) is 1. The van der Waals surface area contributed by atoms with Crippen molar-refractivity contribution >= 4 is 10.9 Å². The van der Waals surface area contributed by atoms with Gasteiger partial charge in [-0.3, -0.25) is 4.79 Å². The summed E-state index contributed by atoms with van der Waals surface area (Å²) in [7, 11) is 0. The number of aromatic amines is 1. The standard InChI is InChI=1S/C20H22N2O2/c1-13(2)10-11-24-18-12-15(9-8-14(18)3)19-21-17-7-5-4-6-16(17)20(23)22-19/h4-9,12-13H,10-11H2,1-3H3,(H,21,22,23). The van der Waals surface area contributed by atoms with Crippen molar-refractivity contribution in [2.24, 2.45) is 5.92 Å². The van der Waals surface area contributed by atoms with Gasteiger partial charge in [0.25, 0.3) is 5.56 Å². The maximum atomic E-state index is 12.2. The number of fused-ring (bicyclic) bond motifs is 1. The fourth-order valence-corrected chi connectivity index (χ4v) is 2.53. The lowest BCUT2D eigenvalue weighted by atomic mass is 10.1. The van der Waals surface area contributed by atoms with Crippen LogP contribution in [0.15, 0.2) is 47.3 Å². The molecular formula is C20H22N2O2. The third kappa shape index (κ3) is 3.48. The second-order valence-corrected chi connectivity index (χ2v) is 6.44. The SMILES string of the molecule is Cc1ccc(-c2nc3ccccc3c(=O)[nH]2)cc1OCCC(C)C. The Labute approximate surface area is 141 Å². The zero-order valence-corrected chi connectivity index (χ0v) is 14.3. The fraction of sp³-hybridized carbons (Fsp3) is 0.300. The van der Waals surface area contributed by atoms with Crippen molar-refractivity contribution in [2.75, 3.05) is 6.61 Å². The Morgan fingerprint density at radius 2 is 1.96 bits per heavy atom. The number of benzene rings is 2. The normalized spacial score (nSPS) is 11.2. The van der Waals surface area contributed by atoms with Crippen LogP contribution in [-0.4, -0.2) is 16.6 Å². The molecule has 0 radical (unpaired) electrons. The van der Waals surface area contributed by atoms with Crippen LogP contribution >= 0.6 is 0 Å². The molecule has 124 valence electrons. The van der Waals surface area contributed by atoms with Crippen LogP contribution in [0.4, 0.5) is 0 Å². The van der Waals surface area contributed by atoms with Crippen LogP contribution in [0, 0.1) is 12.8 Å². The molecular weight excluding hydrogens is 300 g/mol. The van der Waals surface area contributed by atoms with Crippen LogP contribution < -0.4 is 10.3 Å². The molecule has 0 spiro atoms. The van der Waals surface area contributed by atoms with E-state index in [9.17, 15) is 4.79 Å². The van der Waals surface area contributed by atoms with Gasteiger partial charge in [-0.15, -0.1) is 0 Å². The molecule has 0 unspecified atom stereocenters. The van der Waals surface area contributed by atoms with E-state index in [1.54, 1.807) is 6.07 Å². The average Bonchev–Trinajstić information content (AvgIpc) is 2.56. The van der Waals surface area contributed by atoms with Gasteiger partial charge in [0.15, 0.2) is 0 Å². The number of aryl methyl sites for hydroxylation is 1. The molecule has 0 fully saturated rings. The number of aromatic nitrogens is 2. The zero-order chi connectivity index (χ0) is 17.1. The predicted molar refractivity (Wildman–Crippen MR) is 97.5 cm³/mol. The van der Waals surface area contributed by atoms with Crippen LogP contribution in [0.5, 0.6) is 5.75 Å². The minimum absolute atomic E-state index is 0.126. The van der Waals surface area contributed by atoms with E-state index in [0.29, 0.717) is 29.3 Å². The molecule has 1 aromatic heterocycles. The van der Waals surface area contributed by atoms with E-state index in [1.165, 1.54) is 0 Å². The summed E-state index contributed by atoms with van der Waals surface area (Å²) in [5.74, 6) is 2.00. The second kappa shape index (κ2) is 6.87. The van der Waals surface area contributed by atoms with Gasteiger partial charge < -0.3 is 9.72 Å². The molecule has 3 aromatic rings. The summed E-state index contributed by atoms with van der Waals surface area (Å²) in [6.45, 7) is 7.06. The molecule has 0 aliphatic carbocycles. The van der Waals surface area contributed by atoms with E-state index in [-0.39, 0.29) is 5.56 Å². The van der Waals surface area contributed by atoms with Crippen molar-refractivity contribution in [3.8, 4) is 17.1 Å². The van der Waals surface area contributed by atoms with Crippen molar-refractivity contribution in [3.05, 3.63) is 58.4 Å². The lowest BCUT2D eigenvalue weighted by Gasteiger charge is -2.12. The summed E-state index contributed by atoms with van der Waals surface area (Å²) in [5.41, 5.74) is 2.49. The zero-order valence-electron chi connectivity index (χ0n) is 14.3. The predicted octanol–water partition coefficient (Wildman–Crippen LogP) is 4.32. The Morgan fingerprint density at radius 1 is 1.17 bits per heavy atom. The van der Waals surface area contributed by atoms with E-state index < -0.39 is 0 Å². The maximum absolute atomic E-state index is 12.2. The highest BCUT2D eigenvalue weighted by Crippen LogP contribution is 2.25. The van der Waals surface area contributed by atoms with Crippen LogP contribution in [-0.2, 0) is 0 Å². The summed E-state index contributed by atoms with van der Waals surface area (Å²) in [4.78, 5) is 19.7. The molecule has 0 saturated carbocycles. The Morgan fingerprint density at radius 3 is 2.75 bits per heavy atom. The number of hydrogen-bond donors (Lipinski definition) is 1. The summed E-state index contributed by atoms with van der Waals surface area (Å²) in [6, 6.07) is 13.2. The highest BCUT2D eigenvalue weighted by molar-refractivity contribution is 5.79. The van der Waals surface area contributed by atoms with Gasteiger partial charge in [0.05, 0.1) is 17.5 Å². The number of rotatable bonds is 5. The minimum Gasteiger partial charge on any atom is -0.493 e. The van der Waals surface area contributed by atoms with Crippen LogP contribution in [0.25, 0.3) is 22.3 Å². The smallest absolute Gasteiger partial charge is 0.259 e. The third-order valence-electron chi connectivity index (χ3n) is 4.03. The molecule has 0 aliphatic rings. The first-order valence-corrected chi connectivity index (χ1v) is 8.27. The van der Waals surface area contributed by atoms with E-state index in [0.717, 1.165) is 23.3 Å². The van der Waals surface area contributed by atoms with Gasteiger partial charge in [-0.1, -0.05) is 38.1 Å². The molecule has 4 heteroatoms. The number of hydrogen-bond acceptors (Lipinski definition) is 3. The first kappa shape index (κ1) is 16.2. The third-order valence-corrected chi connectivity index (χ3v) is 4.03. The van der Waals surface area contributed by atoms with Crippen molar-refractivity contribution < 1.29 is 4.74 Å². The highest BCUT2D eigenvalue weighted by Gasteiger charge is 2.08. The van der Waals surface area contributed by atoms with E-state index >= 15 is 0 Å². The second-order valence-electron chi connectivity index (χ2n) is 6.44. The van der Waals surface area contributed by atoms with Gasteiger partial charge in [-0.2, -0.15) is 0 Å². The van der Waals surface area contributed by atoms with E-state index in [2.05, 4.69) is 23.8 Å². The van der Waals surface area contributed by atoms with Gasteiger partial charge in [-0.05, 0) is 43.0 Å². The molecule has 2 aromatic carbocycles. The number of ether oxygens (including phenoxy) is 1. The van der Waals surface area contributed by atoms with Crippen LogP contribution in [0.2, 0.25) is 0 Å². The highest BCUT2D eigenvalue weighted by atomic mass is 16.5. The molecule has 4 nitrogen and oxygen atoms in total. The average molecular weight is 322 g/mol. The van der Waals surface area contributed by atoms with Crippen LogP contribution in [0.3, 0.4) is 0 Å². The number of H-pyrrole nitrogens is 1. The van der Waals surface area contributed by atoms with E-state index in [1.807, 2.05) is 43.3 Å². The largest absolute Gasteiger partial charge is 0.493 e. The van der Waals surface area contributed by atoms with Gasteiger partial charge in [0.2, 0.25) is 0 Å². The molecule has 0 atom stereocenters.